The lowest BCUT2D eigenvalue weighted by Crippen LogP contribution is -2.45. The minimum absolute atomic E-state index is 0.174. The Bertz CT molecular complexity index is 205. The van der Waals surface area contributed by atoms with Gasteiger partial charge in [0.25, 0.3) is 0 Å². The van der Waals surface area contributed by atoms with Crippen molar-refractivity contribution in [2.45, 2.75) is 44.6 Å². The first-order valence-corrected chi connectivity index (χ1v) is 6.34. The predicted octanol–water partition coefficient (Wildman–Crippen LogP) is 0.749. The van der Waals surface area contributed by atoms with E-state index in [9.17, 15) is 4.79 Å². The highest BCUT2D eigenvalue weighted by Crippen LogP contribution is 2.25. The Morgan fingerprint density at radius 2 is 2.19 bits per heavy atom. The fourth-order valence-electron chi connectivity index (χ4n) is 2.01. The molecule has 0 atom stereocenters. The van der Waals surface area contributed by atoms with Crippen molar-refractivity contribution in [3.8, 4) is 0 Å². The summed E-state index contributed by atoms with van der Waals surface area (Å²) in [7, 11) is 1.90. The van der Waals surface area contributed by atoms with Crippen LogP contribution in [0.4, 0.5) is 0 Å². The van der Waals surface area contributed by atoms with Crippen molar-refractivity contribution in [2.24, 2.45) is 0 Å². The summed E-state index contributed by atoms with van der Waals surface area (Å²) < 4.78 is 0. The molecule has 0 bridgehead atoms. The largest absolute Gasteiger partial charge is 0.396 e. The van der Waals surface area contributed by atoms with Crippen LogP contribution in [0.15, 0.2) is 0 Å². The molecular formula is C12H24N2O2. The molecule has 1 amide bonds. The maximum atomic E-state index is 12.0. The van der Waals surface area contributed by atoms with E-state index < -0.39 is 0 Å². The Kier molecular flexibility index (Phi) is 6.42. The maximum absolute atomic E-state index is 12.0. The fraction of sp³-hybridized carbons (Fsp3) is 0.917. The number of hydrogen-bond donors (Lipinski definition) is 2. The highest BCUT2D eigenvalue weighted by atomic mass is 16.3. The zero-order valence-electron chi connectivity index (χ0n) is 10.2. The minimum Gasteiger partial charge on any atom is -0.396 e. The van der Waals surface area contributed by atoms with Crippen molar-refractivity contribution in [3.63, 3.8) is 0 Å². The highest BCUT2D eigenvalue weighted by molar-refractivity contribution is 5.76. The van der Waals surface area contributed by atoms with Crippen LogP contribution in [0.1, 0.15) is 38.5 Å². The van der Waals surface area contributed by atoms with E-state index in [0.29, 0.717) is 18.9 Å². The van der Waals surface area contributed by atoms with E-state index in [0.717, 1.165) is 32.4 Å². The first-order valence-electron chi connectivity index (χ1n) is 6.34. The van der Waals surface area contributed by atoms with Gasteiger partial charge in [0.05, 0.1) is 0 Å². The third-order valence-electron chi connectivity index (χ3n) is 3.21. The zero-order valence-corrected chi connectivity index (χ0v) is 10.2. The summed E-state index contributed by atoms with van der Waals surface area (Å²) in [6.07, 6.45) is 5.76. The van der Waals surface area contributed by atoms with Crippen LogP contribution in [0.3, 0.4) is 0 Å². The average molecular weight is 228 g/mol. The number of aliphatic hydroxyl groups is 1. The van der Waals surface area contributed by atoms with Crippen molar-refractivity contribution in [1.29, 1.82) is 0 Å². The quantitative estimate of drug-likeness (QED) is 0.603. The molecule has 0 saturated heterocycles. The van der Waals surface area contributed by atoms with Crippen LogP contribution >= 0.6 is 0 Å². The highest BCUT2D eigenvalue weighted by Gasteiger charge is 2.27. The molecule has 1 aliphatic rings. The van der Waals surface area contributed by atoms with E-state index in [1.54, 1.807) is 0 Å². The van der Waals surface area contributed by atoms with Gasteiger partial charge in [0.2, 0.25) is 5.91 Å². The van der Waals surface area contributed by atoms with Crippen LogP contribution in [0.5, 0.6) is 0 Å². The van der Waals surface area contributed by atoms with Crippen molar-refractivity contribution in [3.05, 3.63) is 0 Å². The summed E-state index contributed by atoms with van der Waals surface area (Å²) in [5, 5.41) is 11.9. The third kappa shape index (κ3) is 4.10. The Labute approximate surface area is 98.0 Å². The van der Waals surface area contributed by atoms with Crippen molar-refractivity contribution in [2.75, 3.05) is 26.7 Å². The standard InChI is InChI=1S/C12H24N2O2/c1-13-8-3-7-12(16)14(9-4-10-15)11-5-2-6-11/h11,13,15H,2-10H2,1H3. The Morgan fingerprint density at radius 3 is 2.69 bits per heavy atom. The van der Waals surface area contributed by atoms with Gasteiger partial charge in [-0.25, -0.2) is 0 Å². The molecule has 1 fully saturated rings. The second kappa shape index (κ2) is 7.63. The topological polar surface area (TPSA) is 52.6 Å². The van der Waals surface area contributed by atoms with Crippen LogP contribution < -0.4 is 5.32 Å². The molecule has 0 radical (unpaired) electrons. The molecule has 0 spiro atoms. The summed E-state index contributed by atoms with van der Waals surface area (Å²) in [5.41, 5.74) is 0. The number of rotatable bonds is 8. The molecule has 0 aromatic rings. The molecule has 0 aromatic carbocycles. The summed E-state index contributed by atoms with van der Waals surface area (Å²) in [6, 6.07) is 0.452. The van der Waals surface area contributed by atoms with Gasteiger partial charge in [-0.05, 0) is 45.7 Å². The number of carbonyl (C=O) groups excluding carboxylic acids is 1. The molecule has 1 saturated carbocycles. The number of hydrogen-bond acceptors (Lipinski definition) is 3. The van der Waals surface area contributed by atoms with E-state index in [1.807, 2.05) is 11.9 Å². The van der Waals surface area contributed by atoms with Crippen molar-refractivity contribution in [1.82, 2.24) is 10.2 Å². The summed E-state index contributed by atoms with van der Waals surface area (Å²) in [5.74, 6) is 0.258. The van der Waals surface area contributed by atoms with Crippen molar-refractivity contribution < 1.29 is 9.90 Å². The number of aliphatic hydroxyl groups excluding tert-OH is 1. The lowest BCUT2D eigenvalue weighted by atomic mass is 9.91. The molecule has 16 heavy (non-hydrogen) atoms. The van der Waals surface area contributed by atoms with Crippen LogP contribution in [-0.4, -0.2) is 48.7 Å². The third-order valence-corrected chi connectivity index (χ3v) is 3.21. The number of carbonyl (C=O) groups is 1. The summed E-state index contributed by atoms with van der Waals surface area (Å²) in [6.45, 7) is 1.79. The first-order chi connectivity index (χ1) is 7.79. The summed E-state index contributed by atoms with van der Waals surface area (Å²) >= 11 is 0. The molecule has 4 nitrogen and oxygen atoms in total. The van der Waals surface area contributed by atoms with Gasteiger partial charge in [-0.2, -0.15) is 0 Å². The van der Waals surface area contributed by atoms with Gasteiger partial charge in [-0.1, -0.05) is 0 Å². The average Bonchev–Trinajstić information content (AvgIpc) is 2.21. The predicted molar refractivity (Wildman–Crippen MR) is 64.2 cm³/mol. The summed E-state index contributed by atoms with van der Waals surface area (Å²) in [4.78, 5) is 14.0. The van der Waals surface area contributed by atoms with Crippen LogP contribution in [-0.2, 0) is 4.79 Å². The van der Waals surface area contributed by atoms with Crippen LogP contribution in [0.25, 0.3) is 0 Å². The lowest BCUT2D eigenvalue weighted by molar-refractivity contribution is -0.135. The Morgan fingerprint density at radius 1 is 1.44 bits per heavy atom. The molecule has 0 heterocycles. The second-order valence-corrected chi connectivity index (χ2v) is 4.46. The molecule has 2 N–H and O–H groups in total. The fourth-order valence-corrected chi connectivity index (χ4v) is 2.01. The van der Waals surface area contributed by atoms with Gasteiger partial charge >= 0.3 is 0 Å². The van der Waals surface area contributed by atoms with Gasteiger partial charge in [-0.3, -0.25) is 4.79 Å². The van der Waals surface area contributed by atoms with Crippen LogP contribution in [0, 0.1) is 0 Å². The van der Waals surface area contributed by atoms with E-state index in [4.69, 9.17) is 5.11 Å². The van der Waals surface area contributed by atoms with E-state index >= 15 is 0 Å². The number of nitrogens with one attached hydrogen (secondary N) is 1. The molecule has 94 valence electrons. The lowest BCUT2D eigenvalue weighted by Gasteiger charge is -2.37. The molecule has 4 heteroatoms. The molecular weight excluding hydrogens is 204 g/mol. The van der Waals surface area contributed by atoms with Gasteiger partial charge in [0.15, 0.2) is 0 Å². The molecule has 0 aromatic heterocycles. The number of nitrogens with zero attached hydrogens (tertiary/aromatic N) is 1. The normalized spacial score (nSPS) is 15.9. The Balaban J connectivity index is 2.31. The van der Waals surface area contributed by atoms with Gasteiger partial charge < -0.3 is 15.3 Å². The van der Waals surface area contributed by atoms with Gasteiger partial charge in [-0.15, -0.1) is 0 Å². The monoisotopic (exact) mass is 228 g/mol. The van der Waals surface area contributed by atoms with Gasteiger partial charge in [0.1, 0.15) is 0 Å². The van der Waals surface area contributed by atoms with E-state index in [-0.39, 0.29) is 12.5 Å². The SMILES string of the molecule is CNCCCC(=O)N(CCCO)C1CCC1. The molecule has 1 aliphatic carbocycles. The molecule has 0 unspecified atom stereocenters. The number of amides is 1. The smallest absolute Gasteiger partial charge is 0.222 e. The Hall–Kier alpha value is -0.610. The maximum Gasteiger partial charge on any atom is 0.222 e. The minimum atomic E-state index is 0.174. The second-order valence-electron chi connectivity index (χ2n) is 4.46. The van der Waals surface area contributed by atoms with E-state index in [2.05, 4.69) is 5.32 Å². The van der Waals surface area contributed by atoms with Crippen molar-refractivity contribution >= 4 is 5.91 Å². The molecule has 1 rings (SSSR count). The molecule has 0 aliphatic heterocycles. The van der Waals surface area contributed by atoms with Gasteiger partial charge in [0, 0.05) is 25.6 Å². The first kappa shape index (κ1) is 13.5. The van der Waals surface area contributed by atoms with E-state index in [1.165, 1.54) is 6.42 Å². The van der Waals surface area contributed by atoms with Crippen LogP contribution in [0.2, 0.25) is 0 Å². The zero-order chi connectivity index (χ0) is 11.8.